The molecule has 1 aliphatic heterocycles. The van der Waals surface area contributed by atoms with Crippen molar-refractivity contribution in [2.45, 2.75) is 52.3 Å². The summed E-state index contributed by atoms with van der Waals surface area (Å²) < 4.78 is 33.0. The Labute approximate surface area is 178 Å². The molecular formula is C21H25F2N5O3. The molecule has 0 radical (unpaired) electrons. The molecule has 2 amide bonds. The van der Waals surface area contributed by atoms with Crippen LogP contribution in [0.25, 0.3) is 11.3 Å². The van der Waals surface area contributed by atoms with Gasteiger partial charge >= 0.3 is 12.6 Å². The molecule has 0 fully saturated rings. The summed E-state index contributed by atoms with van der Waals surface area (Å²) in [7, 11) is 0. The first-order valence-electron chi connectivity index (χ1n) is 9.83. The molecule has 3 rings (SSSR count). The number of alkyl carbamates (subject to hydrolysis) is 1. The van der Waals surface area contributed by atoms with Crippen molar-refractivity contribution in [3.63, 3.8) is 0 Å². The van der Waals surface area contributed by atoms with Gasteiger partial charge in [0, 0.05) is 18.0 Å². The Balaban J connectivity index is 2.07. The second-order valence-electron chi connectivity index (χ2n) is 8.28. The average molecular weight is 433 g/mol. The number of fused-ring (bicyclic) bond motifs is 4. The van der Waals surface area contributed by atoms with Crippen LogP contribution in [0.15, 0.2) is 36.8 Å². The molecule has 0 spiro atoms. The van der Waals surface area contributed by atoms with Gasteiger partial charge in [-0.05, 0) is 38.8 Å². The highest BCUT2D eigenvalue weighted by Crippen LogP contribution is 2.33. The van der Waals surface area contributed by atoms with Gasteiger partial charge in [0.15, 0.2) is 0 Å². The van der Waals surface area contributed by atoms with Gasteiger partial charge in [0.05, 0.1) is 29.5 Å². The second-order valence-corrected chi connectivity index (χ2v) is 8.28. The van der Waals surface area contributed by atoms with Crippen LogP contribution in [-0.2, 0) is 9.53 Å². The maximum Gasteiger partial charge on any atom is 0.408 e. The summed E-state index contributed by atoms with van der Waals surface area (Å²) in [5, 5.41) is 9.18. The number of halogens is 2. The number of pyridine rings is 1. The van der Waals surface area contributed by atoms with Crippen LogP contribution < -0.4 is 10.6 Å². The predicted octanol–water partition coefficient (Wildman–Crippen LogP) is 4.44. The lowest BCUT2D eigenvalue weighted by atomic mass is 10.0. The molecule has 8 nitrogen and oxygen atoms in total. The highest BCUT2D eigenvalue weighted by Gasteiger charge is 2.25. The first kappa shape index (κ1) is 22.4. The fraction of sp³-hybridized carbons (Fsp3) is 0.429. The number of hydrogen-bond acceptors (Lipinski definition) is 5. The lowest BCUT2D eigenvalue weighted by molar-refractivity contribution is -0.118. The number of hydrogen-bond donors (Lipinski definition) is 2. The lowest BCUT2D eigenvalue weighted by Crippen LogP contribution is -2.35. The molecule has 31 heavy (non-hydrogen) atoms. The second kappa shape index (κ2) is 8.83. The van der Waals surface area contributed by atoms with Crippen LogP contribution in [0, 0.1) is 5.92 Å². The van der Waals surface area contributed by atoms with Crippen molar-refractivity contribution in [1.29, 1.82) is 0 Å². The smallest absolute Gasteiger partial charge is 0.408 e. The Morgan fingerprint density at radius 3 is 2.74 bits per heavy atom. The number of carbonyl (C=O) groups excluding carboxylic acids is 2. The topological polar surface area (TPSA) is 98.1 Å². The molecule has 0 saturated heterocycles. The van der Waals surface area contributed by atoms with Gasteiger partial charge in [0.25, 0.3) is 0 Å². The van der Waals surface area contributed by atoms with Crippen LogP contribution in [0.3, 0.4) is 0 Å². The minimum atomic E-state index is -2.91. The number of alkyl halides is 2. The van der Waals surface area contributed by atoms with Crippen molar-refractivity contribution in [3.05, 3.63) is 42.4 Å². The fourth-order valence-corrected chi connectivity index (χ4v) is 3.15. The van der Waals surface area contributed by atoms with E-state index in [1.54, 1.807) is 52.1 Å². The third-order valence-electron chi connectivity index (χ3n) is 4.57. The number of rotatable bonds is 2. The third-order valence-corrected chi connectivity index (χ3v) is 4.57. The van der Waals surface area contributed by atoms with Crippen molar-refractivity contribution in [2.75, 3.05) is 5.32 Å². The minimum absolute atomic E-state index is 0.0328. The first-order chi connectivity index (χ1) is 14.5. The monoisotopic (exact) mass is 433 g/mol. The van der Waals surface area contributed by atoms with Crippen molar-refractivity contribution in [1.82, 2.24) is 20.1 Å². The normalized spacial score (nSPS) is 20.2. The first-order valence-corrected chi connectivity index (χ1v) is 9.83. The SMILES string of the molecule is C[C@@H]1/C=C/C[C@H](NC(=O)OC(C)(C)C)c2cncc(c2)-c2c(cnn2C(F)F)NC1=O. The van der Waals surface area contributed by atoms with Gasteiger partial charge in [-0.25, -0.2) is 9.48 Å². The van der Waals surface area contributed by atoms with Gasteiger partial charge in [0.2, 0.25) is 5.91 Å². The highest BCUT2D eigenvalue weighted by molar-refractivity contribution is 5.96. The van der Waals surface area contributed by atoms with Crippen molar-refractivity contribution in [2.24, 2.45) is 5.92 Å². The summed E-state index contributed by atoms with van der Waals surface area (Å²) in [6.45, 7) is 4.03. The van der Waals surface area contributed by atoms with E-state index in [1.165, 1.54) is 12.4 Å². The Morgan fingerprint density at radius 2 is 2.06 bits per heavy atom. The number of anilines is 1. The average Bonchev–Trinajstić information content (AvgIpc) is 3.08. The predicted molar refractivity (Wildman–Crippen MR) is 110 cm³/mol. The summed E-state index contributed by atoms with van der Waals surface area (Å²) in [4.78, 5) is 29.0. The van der Waals surface area contributed by atoms with Crippen LogP contribution in [0.2, 0.25) is 0 Å². The summed E-state index contributed by atoms with van der Waals surface area (Å²) in [6.07, 6.45) is 7.35. The molecule has 1 aliphatic rings. The van der Waals surface area contributed by atoms with Gasteiger partial charge in [-0.1, -0.05) is 19.1 Å². The molecule has 0 aromatic carbocycles. The van der Waals surface area contributed by atoms with Crippen molar-refractivity contribution in [3.8, 4) is 11.3 Å². The number of nitrogens with zero attached hydrogens (tertiary/aromatic N) is 3. The van der Waals surface area contributed by atoms with Gasteiger partial charge in [0.1, 0.15) is 5.60 Å². The van der Waals surface area contributed by atoms with E-state index in [0.29, 0.717) is 22.2 Å². The van der Waals surface area contributed by atoms with Gasteiger partial charge in [-0.3, -0.25) is 9.78 Å². The molecule has 2 N–H and O–H groups in total. The maximum absolute atomic E-state index is 13.6. The highest BCUT2D eigenvalue weighted by atomic mass is 19.3. The molecule has 2 bridgehead atoms. The largest absolute Gasteiger partial charge is 0.444 e. The minimum Gasteiger partial charge on any atom is -0.444 e. The zero-order chi connectivity index (χ0) is 22.8. The van der Waals surface area contributed by atoms with Crippen LogP contribution in [0.5, 0.6) is 0 Å². The van der Waals surface area contributed by atoms with E-state index in [4.69, 9.17) is 4.74 Å². The molecule has 2 atom stereocenters. The Hall–Kier alpha value is -3.30. The van der Waals surface area contributed by atoms with E-state index in [9.17, 15) is 18.4 Å². The number of carbonyl (C=O) groups is 2. The van der Waals surface area contributed by atoms with E-state index < -0.39 is 30.2 Å². The molecule has 0 unspecified atom stereocenters. The fourth-order valence-electron chi connectivity index (χ4n) is 3.15. The van der Waals surface area contributed by atoms with Crippen molar-refractivity contribution < 1.29 is 23.1 Å². The number of nitrogens with one attached hydrogen (secondary N) is 2. The number of amides is 2. The lowest BCUT2D eigenvalue weighted by Gasteiger charge is -2.24. The summed E-state index contributed by atoms with van der Waals surface area (Å²) in [5.74, 6) is -0.895. The third kappa shape index (κ3) is 5.44. The van der Waals surface area contributed by atoms with E-state index in [2.05, 4.69) is 20.7 Å². The Bertz CT molecular complexity index is 997. The summed E-state index contributed by atoms with van der Waals surface area (Å²) in [6, 6.07) is 1.10. The van der Waals surface area contributed by atoms with E-state index in [0.717, 1.165) is 0 Å². The number of aromatic nitrogens is 3. The van der Waals surface area contributed by atoms with Crippen LogP contribution in [0.1, 0.15) is 52.3 Å². The van der Waals surface area contributed by atoms with Crippen molar-refractivity contribution >= 4 is 17.7 Å². The molecule has 0 aliphatic carbocycles. The Kier molecular flexibility index (Phi) is 6.37. The van der Waals surface area contributed by atoms with Crippen LogP contribution in [-0.4, -0.2) is 32.4 Å². The molecule has 3 heterocycles. The van der Waals surface area contributed by atoms with Gasteiger partial charge in [-0.15, -0.1) is 0 Å². The summed E-state index contributed by atoms with van der Waals surface area (Å²) >= 11 is 0. The van der Waals surface area contributed by atoms with Crippen LogP contribution >= 0.6 is 0 Å². The molecule has 2 aromatic rings. The quantitative estimate of drug-likeness (QED) is 0.683. The zero-order valence-corrected chi connectivity index (χ0v) is 17.7. The van der Waals surface area contributed by atoms with E-state index in [1.807, 2.05) is 0 Å². The van der Waals surface area contributed by atoms with Gasteiger partial charge in [-0.2, -0.15) is 13.9 Å². The van der Waals surface area contributed by atoms with E-state index >= 15 is 0 Å². The standard InChI is InChI=1S/C21H25F2N5O3/c1-12-6-5-7-15(27-20(30)31-21(2,3)4)13-8-14(10-24-9-13)17-16(26-18(12)29)11-25-28(17)19(22)23/h5-6,8-12,15,19H,7H2,1-4H3,(H,26,29)(H,27,30)/b6-5+/t12-,15+/m1/s1. The molecule has 0 saturated carbocycles. The maximum atomic E-state index is 13.6. The Morgan fingerprint density at radius 1 is 1.32 bits per heavy atom. The zero-order valence-electron chi connectivity index (χ0n) is 17.7. The van der Waals surface area contributed by atoms with Gasteiger partial charge < -0.3 is 15.4 Å². The van der Waals surface area contributed by atoms with E-state index in [-0.39, 0.29) is 17.3 Å². The molecular weight excluding hydrogens is 408 g/mol. The molecule has 10 heteroatoms. The summed E-state index contributed by atoms with van der Waals surface area (Å²) in [5.41, 5.74) is 0.433. The number of ether oxygens (including phenoxy) is 1. The van der Waals surface area contributed by atoms with Crippen LogP contribution in [0.4, 0.5) is 19.3 Å². The molecule has 166 valence electrons. The molecule has 2 aromatic heterocycles.